The molecule has 50 valence electrons. The minimum Gasteiger partial charge on any atom is -0.298 e. The summed E-state index contributed by atoms with van der Waals surface area (Å²) < 4.78 is -0.0579. The van der Waals surface area contributed by atoms with Gasteiger partial charge >= 0.3 is 0 Å². The van der Waals surface area contributed by atoms with E-state index in [2.05, 4.69) is 15.9 Å². The summed E-state index contributed by atoms with van der Waals surface area (Å²) in [5.41, 5.74) is 0. The molecule has 0 saturated heterocycles. The van der Waals surface area contributed by atoms with Gasteiger partial charge in [0.05, 0.1) is 4.32 Å². The number of alkyl halides is 1. The first-order valence-corrected chi connectivity index (χ1v) is 4.22. The molecule has 2 heteroatoms. The fourth-order valence-electron chi connectivity index (χ4n) is 1.97. The van der Waals surface area contributed by atoms with Gasteiger partial charge in [-0.2, -0.15) is 0 Å². The lowest BCUT2D eigenvalue weighted by molar-refractivity contribution is -0.120. The molecular weight excluding hydrogens is 180 g/mol. The van der Waals surface area contributed by atoms with E-state index in [0.717, 1.165) is 25.2 Å². The fraction of sp³-hybridized carbons (Fsp3) is 0.857. The van der Waals surface area contributed by atoms with Crippen molar-refractivity contribution in [3.63, 3.8) is 0 Å². The van der Waals surface area contributed by atoms with E-state index in [9.17, 15) is 4.79 Å². The predicted molar refractivity (Wildman–Crippen MR) is 38.6 cm³/mol. The molecule has 0 aliphatic heterocycles. The molecular formula is C7H9BrO. The van der Waals surface area contributed by atoms with E-state index in [1.54, 1.807) is 0 Å². The van der Waals surface area contributed by atoms with Gasteiger partial charge in [-0.25, -0.2) is 0 Å². The Balaban J connectivity index is 2.32. The maximum atomic E-state index is 11.1. The Labute approximate surface area is 62.9 Å². The van der Waals surface area contributed by atoms with Crippen LogP contribution in [-0.4, -0.2) is 10.1 Å². The van der Waals surface area contributed by atoms with Gasteiger partial charge in [-0.1, -0.05) is 15.9 Å². The van der Waals surface area contributed by atoms with Crippen molar-refractivity contribution in [1.29, 1.82) is 0 Å². The topological polar surface area (TPSA) is 17.1 Å². The number of rotatable bonds is 0. The average Bonchev–Trinajstić information content (AvgIpc) is 2.22. The van der Waals surface area contributed by atoms with Gasteiger partial charge in [0.1, 0.15) is 5.78 Å². The summed E-state index contributed by atoms with van der Waals surface area (Å²) in [6, 6.07) is 0. The van der Waals surface area contributed by atoms with Crippen molar-refractivity contribution >= 4 is 21.7 Å². The third-order valence-electron chi connectivity index (χ3n) is 2.53. The second kappa shape index (κ2) is 1.60. The van der Waals surface area contributed by atoms with Crippen molar-refractivity contribution in [3.8, 4) is 0 Å². The van der Waals surface area contributed by atoms with Crippen LogP contribution in [0.3, 0.4) is 0 Å². The van der Waals surface area contributed by atoms with Crippen molar-refractivity contribution in [2.45, 2.75) is 30.0 Å². The van der Waals surface area contributed by atoms with Crippen LogP contribution in [0.15, 0.2) is 0 Å². The zero-order chi connectivity index (χ0) is 6.48. The van der Waals surface area contributed by atoms with Crippen molar-refractivity contribution in [3.05, 3.63) is 0 Å². The monoisotopic (exact) mass is 188 g/mol. The predicted octanol–water partition coefficient (Wildman–Crippen LogP) is 1.89. The molecule has 2 fully saturated rings. The van der Waals surface area contributed by atoms with Crippen molar-refractivity contribution in [2.24, 2.45) is 5.92 Å². The Morgan fingerprint density at radius 1 is 1.67 bits per heavy atom. The van der Waals surface area contributed by atoms with Crippen LogP contribution in [0.1, 0.15) is 25.7 Å². The van der Waals surface area contributed by atoms with E-state index in [1.165, 1.54) is 6.42 Å². The molecule has 2 atom stereocenters. The maximum absolute atomic E-state index is 11.1. The third-order valence-corrected chi connectivity index (χ3v) is 3.70. The summed E-state index contributed by atoms with van der Waals surface area (Å²) in [4.78, 5) is 11.1. The fourth-order valence-corrected chi connectivity index (χ4v) is 2.82. The van der Waals surface area contributed by atoms with Gasteiger partial charge in [-0.05, 0) is 25.2 Å². The Morgan fingerprint density at radius 2 is 2.44 bits per heavy atom. The first-order chi connectivity index (χ1) is 4.21. The summed E-state index contributed by atoms with van der Waals surface area (Å²) in [5, 5.41) is 0. The third kappa shape index (κ3) is 0.689. The van der Waals surface area contributed by atoms with Crippen LogP contribution in [-0.2, 0) is 4.79 Å². The molecule has 2 aliphatic carbocycles. The second-order valence-electron chi connectivity index (χ2n) is 3.20. The molecule has 0 N–H and O–H groups in total. The van der Waals surface area contributed by atoms with E-state index in [1.807, 2.05) is 0 Å². The second-order valence-corrected chi connectivity index (χ2v) is 4.72. The summed E-state index contributed by atoms with van der Waals surface area (Å²) >= 11 is 3.50. The number of fused-ring (bicyclic) bond motifs is 2. The molecule has 0 aromatic heterocycles. The van der Waals surface area contributed by atoms with Crippen molar-refractivity contribution in [2.75, 3.05) is 0 Å². The molecule has 0 spiro atoms. The molecule has 0 heterocycles. The molecule has 0 radical (unpaired) electrons. The zero-order valence-electron chi connectivity index (χ0n) is 5.19. The zero-order valence-corrected chi connectivity index (χ0v) is 6.78. The molecule has 2 rings (SSSR count). The van der Waals surface area contributed by atoms with Crippen LogP contribution < -0.4 is 0 Å². The highest BCUT2D eigenvalue weighted by Gasteiger charge is 2.49. The summed E-state index contributed by atoms with van der Waals surface area (Å²) in [6.45, 7) is 0. The Morgan fingerprint density at radius 3 is 2.67 bits per heavy atom. The lowest BCUT2D eigenvalue weighted by atomic mass is 9.99. The standard InChI is InChI=1S/C7H9BrO/c8-7-2-1-5(4-7)3-6(7)9/h5H,1-4H2/t5-,7-/m1/s1. The molecule has 2 saturated carbocycles. The summed E-state index contributed by atoms with van der Waals surface area (Å²) in [7, 11) is 0. The maximum Gasteiger partial charge on any atom is 0.149 e. The van der Waals surface area contributed by atoms with Crippen molar-refractivity contribution in [1.82, 2.24) is 0 Å². The minimum atomic E-state index is -0.0579. The largest absolute Gasteiger partial charge is 0.298 e. The molecule has 0 unspecified atom stereocenters. The lowest BCUT2D eigenvalue weighted by Crippen LogP contribution is -2.24. The molecule has 0 amide bonds. The first kappa shape index (κ1) is 5.90. The Kier molecular flexibility index (Phi) is 1.05. The molecule has 0 aromatic carbocycles. The number of halogens is 1. The van der Waals surface area contributed by atoms with Crippen LogP contribution in [0.25, 0.3) is 0 Å². The normalized spacial score (nSPS) is 48.6. The highest BCUT2D eigenvalue weighted by molar-refractivity contribution is 9.10. The number of hydrogen-bond acceptors (Lipinski definition) is 1. The Bertz CT molecular complexity index is 166. The number of Topliss-reactive ketones (excluding diaryl/α,β-unsaturated/α-hetero) is 1. The van der Waals surface area contributed by atoms with E-state index < -0.39 is 0 Å². The number of carbonyl (C=O) groups is 1. The average molecular weight is 189 g/mol. The molecule has 1 nitrogen and oxygen atoms in total. The van der Waals surface area contributed by atoms with Gasteiger partial charge in [-0.3, -0.25) is 4.79 Å². The van der Waals surface area contributed by atoms with Gasteiger partial charge in [0.25, 0.3) is 0 Å². The van der Waals surface area contributed by atoms with E-state index in [-0.39, 0.29) is 4.32 Å². The Hall–Kier alpha value is 0.150. The first-order valence-electron chi connectivity index (χ1n) is 3.43. The number of carbonyl (C=O) groups excluding carboxylic acids is 1. The van der Waals surface area contributed by atoms with Gasteiger partial charge in [0.15, 0.2) is 0 Å². The SMILES string of the molecule is O=C1C[C@H]2CC[C@@]1(Br)C2. The summed E-state index contributed by atoms with van der Waals surface area (Å²) in [6.07, 6.45) is 4.28. The van der Waals surface area contributed by atoms with E-state index in [4.69, 9.17) is 0 Å². The molecule has 0 aromatic rings. The van der Waals surface area contributed by atoms with Gasteiger partial charge in [0.2, 0.25) is 0 Å². The van der Waals surface area contributed by atoms with Gasteiger partial charge < -0.3 is 0 Å². The quantitative estimate of drug-likeness (QED) is 0.532. The van der Waals surface area contributed by atoms with E-state index in [0.29, 0.717) is 5.78 Å². The molecule has 2 bridgehead atoms. The van der Waals surface area contributed by atoms with Gasteiger partial charge in [0, 0.05) is 6.42 Å². The molecule has 2 aliphatic rings. The van der Waals surface area contributed by atoms with Crippen LogP contribution >= 0.6 is 15.9 Å². The number of hydrogen-bond donors (Lipinski definition) is 0. The lowest BCUT2D eigenvalue weighted by Gasteiger charge is -2.15. The van der Waals surface area contributed by atoms with Crippen LogP contribution in [0.2, 0.25) is 0 Å². The van der Waals surface area contributed by atoms with Crippen LogP contribution in [0, 0.1) is 5.92 Å². The van der Waals surface area contributed by atoms with E-state index >= 15 is 0 Å². The minimum absolute atomic E-state index is 0.0579. The number of ketones is 1. The van der Waals surface area contributed by atoms with Gasteiger partial charge in [-0.15, -0.1) is 0 Å². The van der Waals surface area contributed by atoms with Crippen LogP contribution in [0.4, 0.5) is 0 Å². The van der Waals surface area contributed by atoms with Crippen molar-refractivity contribution < 1.29 is 4.79 Å². The highest BCUT2D eigenvalue weighted by atomic mass is 79.9. The smallest absolute Gasteiger partial charge is 0.149 e. The highest BCUT2D eigenvalue weighted by Crippen LogP contribution is 2.50. The summed E-state index contributed by atoms with van der Waals surface area (Å²) in [5.74, 6) is 1.16. The van der Waals surface area contributed by atoms with Crippen LogP contribution in [0.5, 0.6) is 0 Å². The molecule has 9 heavy (non-hydrogen) atoms.